The molecule has 9 atom stereocenters. The number of likely N-dealkylation sites (N-methyl/N-ethyl adjacent to an activating group) is 1. The number of aryl methyl sites for hydroxylation is 1. The predicted octanol–water partition coefficient (Wildman–Crippen LogP) is 7.03. The Hall–Kier alpha value is -6.76. The number of benzene rings is 2. The van der Waals surface area contributed by atoms with Crippen molar-refractivity contribution < 1.29 is 71.9 Å². The summed E-state index contributed by atoms with van der Waals surface area (Å²) in [5.74, 6) is -2.98. The Morgan fingerprint density at radius 2 is 1.76 bits per heavy atom. The van der Waals surface area contributed by atoms with Crippen molar-refractivity contribution in [1.29, 1.82) is 0 Å². The van der Waals surface area contributed by atoms with Crippen LogP contribution in [0.5, 0.6) is 5.75 Å². The average Bonchev–Trinajstić information content (AvgIpc) is 3.65. The number of anilines is 2. The lowest BCUT2D eigenvalue weighted by molar-refractivity contribution is -0.162. The number of aliphatic hydroxyl groups is 1. The van der Waals surface area contributed by atoms with Crippen LogP contribution in [-0.2, 0) is 60.5 Å². The number of nitrogens with zero attached hydrogens (tertiary/aromatic N) is 4. The molecule has 3 saturated heterocycles. The van der Waals surface area contributed by atoms with Crippen molar-refractivity contribution in [1.82, 2.24) is 19.7 Å². The molecule has 4 bridgehead atoms. The molecule has 2 aromatic carbocycles. The monoisotopic (exact) mass is 1240 g/mol. The molecular formula is C63H82ClN7O15S. The maximum atomic E-state index is 14.4. The molecule has 22 nitrogen and oxygen atoms in total. The zero-order valence-corrected chi connectivity index (χ0v) is 53.0. The summed E-state index contributed by atoms with van der Waals surface area (Å²) in [7, 11) is 5.87. The van der Waals surface area contributed by atoms with Crippen LogP contribution in [0.4, 0.5) is 16.2 Å². The molecular weight excluding hydrogens is 1160 g/mol. The van der Waals surface area contributed by atoms with E-state index in [4.69, 9.17) is 45.8 Å². The van der Waals surface area contributed by atoms with Crippen LogP contribution in [-0.4, -0.2) is 174 Å². The molecule has 3 aromatic rings. The van der Waals surface area contributed by atoms with Gasteiger partial charge in [0, 0.05) is 114 Å². The van der Waals surface area contributed by atoms with Crippen LogP contribution in [0.2, 0.25) is 5.02 Å². The second-order valence-corrected chi connectivity index (χ2v) is 26.1. The van der Waals surface area contributed by atoms with Gasteiger partial charge < -0.3 is 58.9 Å². The second kappa shape index (κ2) is 27.3. The third-order valence-corrected chi connectivity index (χ3v) is 18.8. The van der Waals surface area contributed by atoms with E-state index < -0.39 is 89.2 Å². The maximum Gasteiger partial charge on any atom is 0.409 e. The van der Waals surface area contributed by atoms with E-state index in [1.165, 1.54) is 54.7 Å². The number of hydrogen-bond donors (Lipinski definition) is 4. The molecule has 2 unspecified atom stereocenters. The van der Waals surface area contributed by atoms with Crippen molar-refractivity contribution in [2.75, 3.05) is 70.6 Å². The van der Waals surface area contributed by atoms with Gasteiger partial charge in [0.25, 0.3) is 5.91 Å². The largest absolute Gasteiger partial charge is 0.495 e. The van der Waals surface area contributed by atoms with E-state index in [1.807, 2.05) is 42.8 Å². The van der Waals surface area contributed by atoms with E-state index in [0.29, 0.717) is 61.5 Å². The molecule has 5 N–H and O–H groups in total. The first-order valence-electron chi connectivity index (χ1n) is 29.4. The van der Waals surface area contributed by atoms with Crippen molar-refractivity contribution in [3.8, 4) is 11.4 Å². The second-order valence-electron chi connectivity index (χ2n) is 24.4. The van der Waals surface area contributed by atoms with Gasteiger partial charge in [-0.3, -0.25) is 39.0 Å². The molecule has 472 valence electrons. The van der Waals surface area contributed by atoms with E-state index in [2.05, 4.69) is 24.5 Å². The highest BCUT2D eigenvalue weighted by Gasteiger charge is 2.64. The zero-order chi connectivity index (χ0) is 63.4. The lowest BCUT2D eigenvalue weighted by Crippen LogP contribution is -2.63. The highest BCUT2D eigenvalue weighted by molar-refractivity contribution is 8.00. The smallest absolute Gasteiger partial charge is 0.409 e. The van der Waals surface area contributed by atoms with Crippen LogP contribution in [0.1, 0.15) is 124 Å². The summed E-state index contributed by atoms with van der Waals surface area (Å²) in [6.45, 7) is 14.2. The van der Waals surface area contributed by atoms with E-state index in [0.717, 1.165) is 40.1 Å². The molecule has 0 radical (unpaired) electrons. The fraction of sp³-hybridized carbons (Fsp3) is 0.556. The van der Waals surface area contributed by atoms with Crippen molar-refractivity contribution in [3.05, 3.63) is 93.3 Å². The Labute approximate surface area is 517 Å². The fourth-order valence-electron chi connectivity index (χ4n) is 12.1. The number of epoxide rings is 1. The molecule has 0 spiro atoms. The molecule has 6 amide bonds. The van der Waals surface area contributed by atoms with Gasteiger partial charge >= 0.3 is 12.1 Å². The molecule has 87 heavy (non-hydrogen) atoms. The van der Waals surface area contributed by atoms with Crippen LogP contribution in [0, 0.1) is 18.3 Å². The number of fused-ring (bicyclic) bond motifs is 6. The SMILES string of the molecule is COc1cc2cc(c1Cl)N(C)C(=O)C[C@H](OC(=O)[C@H](C)N(C)C(=O)CCSC1CC(=O)N(CCCOCCCNc3cc(-n4cc(C)c5c4CC(C)(C)CC5=O)ccc3C(N)=O)C1=O)C1(C)O[C@H]1[C@H](C)[C@@H]1C[C@@](O)(NC(=O)O1)[C@H](OC)/C=C/C=C(\C)C2. The minimum atomic E-state index is -1.89. The van der Waals surface area contributed by atoms with E-state index in [9.17, 15) is 43.5 Å². The van der Waals surface area contributed by atoms with Crippen LogP contribution >= 0.6 is 23.4 Å². The number of rotatable bonds is 20. The van der Waals surface area contributed by atoms with Gasteiger partial charge in [-0.2, -0.15) is 0 Å². The average molecular weight is 1240 g/mol. The summed E-state index contributed by atoms with van der Waals surface area (Å²) in [5.41, 5.74) is 8.67. The molecule has 24 heteroatoms. The minimum absolute atomic E-state index is 0.0241. The Bertz CT molecular complexity index is 3240. The zero-order valence-electron chi connectivity index (χ0n) is 51.5. The first kappa shape index (κ1) is 66.2. The number of amides is 6. The van der Waals surface area contributed by atoms with Gasteiger partial charge in [0.1, 0.15) is 40.7 Å². The number of alkyl carbamates (subject to hydrolysis) is 1. The molecule has 1 aliphatic carbocycles. The van der Waals surface area contributed by atoms with E-state index in [-0.39, 0.29) is 66.2 Å². The Morgan fingerprint density at radius 1 is 1.02 bits per heavy atom. The van der Waals surface area contributed by atoms with Crippen LogP contribution < -0.4 is 26.0 Å². The van der Waals surface area contributed by atoms with E-state index in [1.54, 1.807) is 51.2 Å². The van der Waals surface area contributed by atoms with Gasteiger partial charge in [0.2, 0.25) is 23.6 Å². The van der Waals surface area contributed by atoms with Gasteiger partial charge in [-0.1, -0.05) is 56.2 Å². The minimum Gasteiger partial charge on any atom is -0.495 e. The standard InChI is InChI=1S/C63H82ClN7O15S/c1-35-15-12-16-49(82-11)63(80)33-47(84-60(79)67-63)37(3)56-62(7,86-56)50(30-52(74)69(9)43-26-39(25-35)27-46(81-10)55(43)64)85-59(78)38(4)68(8)51(73)19-24-87-48-29-53(75)70(58(48)77)21-14-23-83-22-13-20-66-42-28-40(17-18-41(42)57(65)76)71-34-36(2)54-44(71)31-61(5,6)32-45(54)72/h12,15-18,26-28,34,37-38,47-50,56,66,80H,13-14,19-25,29-33H2,1-11H3,(H2,65,76)(H,67,79)/b16-12+,35-15+/t37-,38+,47+,48?,49-,50+,56+,62?,63+/m1/s1. The number of esters is 1. The third kappa shape index (κ3) is 14.9. The number of aromatic nitrogens is 1. The number of carbonyl (C=O) groups excluding carboxylic acids is 8. The Kier molecular flexibility index (Phi) is 20.8. The lowest BCUT2D eigenvalue weighted by Gasteiger charge is -2.42. The van der Waals surface area contributed by atoms with Crippen molar-refractivity contribution in [2.24, 2.45) is 17.1 Å². The number of ketones is 1. The summed E-state index contributed by atoms with van der Waals surface area (Å²) in [5, 5.41) is 17.2. The Balaban J connectivity index is 0.826. The number of primary amides is 1. The summed E-state index contributed by atoms with van der Waals surface area (Å²) < 4.78 is 37.4. The Morgan fingerprint density at radius 3 is 2.47 bits per heavy atom. The van der Waals surface area contributed by atoms with Gasteiger partial charge in [-0.15, -0.1) is 11.8 Å². The molecule has 5 aliphatic rings. The first-order chi connectivity index (χ1) is 41.1. The number of hydrogen-bond acceptors (Lipinski definition) is 17. The highest BCUT2D eigenvalue weighted by Crippen LogP contribution is 2.49. The highest BCUT2D eigenvalue weighted by atomic mass is 35.5. The number of carbonyl (C=O) groups is 8. The number of methoxy groups -OCH3 is 2. The number of nitrogens with two attached hydrogens (primary N) is 1. The third-order valence-electron chi connectivity index (χ3n) is 17.2. The number of likely N-dealkylation sites (tertiary alicyclic amines) is 1. The number of thioether (sulfide) groups is 1. The van der Waals surface area contributed by atoms with Gasteiger partial charge in [0.15, 0.2) is 11.5 Å². The summed E-state index contributed by atoms with van der Waals surface area (Å²) in [4.78, 5) is 111. The van der Waals surface area contributed by atoms with Crippen LogP contribution in [0.25, 0.3) is 5.69 Å². The fourth-order valence-corrected chi connectivity index (χ4v) is 13.5. The number of Topliss-reactive ketones (excluding diaryl/α,β-unsaturated/α-hetero) is 1. The van der Waals surface area contributed by atoms with Crippen molar-refractivity contribution in [3.63, 3.8) is 0 Å². The molecule has 4 aliphatic heterocycles. The first-order valence-corrected chi connectivity index (χ1v) is 30.8. The van der Waals surface area contributed by atoms with Gasteiger partial charge in [-0.25, -0.2) is 9.59 Å². The van der Waals surface area contributed by atoms with E-state index >= 15 is 0 Å². The van der Waals surface area contributed by atoms with Crippen LogP contribution in [0.3, 0.4) is 0 Å². The molecule has 3 fully saturated rings. The number of allylic oxidation sites excluding steroid dienone is 3. The number of ether oxygens (including phenoxy) is 6. The molecule has 0 saturated carbocycles. The molecule has 8 rings (SSSR count). The molecule has 1 aromatic heterocycles. The summed E-state index contributed by atoms with van der Waals surface area (Å²) in [6.07, 6.45) is 4.39. The summed E-state index contributed by atoms with van der Waals surface area (Å²) >= 11 is 8.03. The normalized spacial score (nSPS) is 26.8. The quantitative estimate of drug-likeness (QED) is 0.0382. The predicted molar refractivity (Wildman–Crippen MR) is 327 cm³/mol. The van der Waals surface area contributed by atoms with Crippen LogP contribution in [0.15, 0.2) is 60.3 Å². The topological polar surface area (TPSA) is 280 Å². The molecule has 5 heterocycles. The number of imide groups is 1. The van der Waals surface area contributed by atoms with Gasteiger partial charge in [-0.05, 0) is 100 Å². The maximum absolute atomic E-state index is 14.4. The number of halogens is 1. The van der Waals surface area contributed by atoms with Crippen molar-refractivity contribution >= 4 is 82.1 Å². The van der Waals surface area contributed by atoms with Gasteiger partial charge in [0.05, 0.1) is 36.1 Å². The lowest BCUT2D eigenvalue weighted by atomic mass is 9.75. The van der Waals surface area contributed by atoms with Crippen molar-refractivity contribution in [2.45, 2.75) is 153 Å². The summed E-state index contributed by atoms with van der Waals surface area (Å²) in [6, 6.07) is 7.75. The number of nitrogens with one attached hydrogen (secondary N) is 2.